The predicted molar refractivity (Wildman–Crippen MR) is 55.5 cm³/mol. The highest BCUT2D eigenvalue weighted by atomic mass is 16.5. The first-order valence-corrected chi connectivity index (χ1v) is 5.37. The van der Waals surface area contributed by atoms with Crippen molar-refractivity contribution in [2.45, 2.75) is 51.0 Å². The molecule has 82 valence electrons. The van der Waals surface area contributed by atoms with Crippen LogP contribution in [0.15, 0.2) is 5.16 Å². The number of oxime groups is 1. The Bertz CT molecular complexity index is 196. The van der Waals surface area contributed by atoms with E-state index in [9.17, 15) is 0 Å². The van der Waals surface area contributed by atoms with Crippen molar-refractivity contribution in [3.63, 3.8) is 0 Å². The van der Waals surface area contributed by atoms with E-state index in [1.807, 2.05) is 6.92 Å². The van der Waals surface area contributed by atoms with Gasteiger partial charge in [-0.15, -0.1) is 0 Å². The molecule has 0 amide bonds. The third-order valence-electron chi connectivity index (χ3n) is 2.91. The van der Waals surface area contributed by atoms with Crippen molar-refractivity contribution >= 4 is 5.84 Å². The summed E-state index contributed by atoms with van der Waals surface area (Å²) in [6.45, 7) is 2.55. The maximum Gasteiger partial charge on any atom is 0.171 e. The molecule has 0 spiro atoms. The van der Waals surface area contributed by atoms with Crippen molar-refractivity contribution < 1.29 is 9.94 Å². The topological polar surface area (TPSA) is 67.8 Å². The van der Waals surface area contributed by atoms with Gasteiger partial charge in [0.1, 0.15) is 5.60 Å². The van der Waals surface area contributed by atoms with Gasteiger partial charge in [-0.05, 0) is 19.8 Å². The fourth-order valence-electron chi connectivity index (χ4n) is 2.14. The second-order valence-electron chi connectivity index (χ2n) is 3.83. The maximum atomic E-state index is 8.75. The molecule has 3 N–H and O–H groups in total. The Labute approximate surface area is 85.1 Å². The smallest absolute Gasteiger partial charge is 0.171 e. The summed E-state index contributed by atoms with van der Waals surface area (Å²) in [4.78, 5) is 0. The monoisotopic (exact) mass is 200 g/mol. The van der Waals surface area contributed by atoms with Gasteiger partial charge in [0, 0.05) is 6.61 Å². The van der Waals surface area contributed by atoms with Crippen LogP contribution in [0.25, 0.3) is 0 Å². The van der Waals surface area contributed by atoms with Crippen LogP contribution < -0.4 is 5.73 Å². The molecule has 0 unspecified atom stereocenters. The van der Waals surface area contributed by atoms with Gasteiger partial charge in [-0.3, -0.25) is 0 Å². The summed E-state index contributed by atoms with van der Waals surface area (Å²) in [6.07, 6.45) is 6.36. The zero-order valence-electron chi connectivity index (χ0n) is 8.83. The molecule has 14 heavy (non-hydrogen) atoms. The second-order valence-corrected chi connectivity index (χ2v) is 3.83. The number of amidine groups is 1. The van der Waals surface area contributed by atoms with Gasteiger partial charge in [0.15, 0.2) is 5.84 Å². The van der Waals surface area contributed by atoms with Gasteiger partial charge in [-0.25, -0.2) is 0 Å². The minimum absolute atomic E-state index is 0.237. The summed E-state index contributed by atoms with van der Waals surface area (Å²) in [5, 5.41) is 11.9. The zero-order valence-corrected chi connectivity index (χ0v) is 8.83. The van der Waals surface area contributed by atoms with Crippen LogP contribution in [0.5, 0.6) is 0 Å². The van der Waals surface area contributed by atoms with E-state index in [2.05, 4.69) is 5.16 Å². The maximum absolute atomic E-state index is 8.75. The van der Waals surface area contributed by atoms with Gasteiger partial charge < -0.3 is 15.7 Å². The van der Waals surface area contributed by atoms with Crippen LogP contribution in [-0.2, 0) is 4.74 Å². The number of hydrogen-bond donors (Lipinski definition) is 2. The highest BCUT2D eigenvalue weighted by Gasteiger charge is 2.36. The molecule has 1 aliphatic rings. The normalized spacial score (nSPS) is 23.1. The van der Waals surface area contributed by atoms with Crippen LogP contribution in [-0.4, -0.2) is 23.3 Å². The van der Waals surface area contributed by atoms with Gasteiger partial charge in [-0.2, -0.15) is 0 Å². The Balaban J connectivity index is 2.77. The molecule has 1 saturated carbocycles. The molecule has 1 fully saturated rings. The van der Waals surface area contributed by atoms with Gasteiger partial charge in [0.25, 0.3) is 0 Å². The van der Waals surface area contributed by atoms with Crippen LogP contribution in [0.1, 0.15) is 45.4 Å². The minimum atomic E-state index is -0.500. The third-order valence-corrected chi connectivity index (χ3v) is 2.91. The molecule has 0 aliphatic heterocycles. The van der Waals surface area contributed by atoms with Crippen molar-refractivity contribution in [2.24, 2.45) is 10.9 Å². The lowest BCUT2D eigenvalue weighted by Gasteiger charge is -2.30. The summed E-state index contributed by atoms with van der Waals surface area (Å²) in [5.74, 6) is 0.237. The number of rotatable bonds is 3. The molecule has 0 bridgehead atoms. The molecule has 0 aromatic carbocycles. The van der Waals surface area contributed by atoms with E-state index < -0.39 is 5.60 Å². The van der Waals surface area contributed by atoms with E-state index in [1.54, 1.807) is 0 Å². The molecular formula is C10H20N2O2. The van der Waals surface area contributed by atoms with E-state index in [0.717, 1.165) is 25.7 Å². The van der Waals surface area contributed by atoms with Crippen LogP contribution in [0, 0.1) is 0 Å². The van der Waals surface area contributed by atoms with Crippen molar-refractivity contribution in [1.82, 2.24) is 0 Å². The van der Waals surface area contributed by atoms with Gasteiger partial charge in [0.05, 0.1) is 0 Å². The molecule has 0 aromatic rings. The number of nitrogens with zero attached hydrogens (tertiary/aromatic N) is 1. The van der Waals surface area contributed by atoms with E-state index in [1.165, 1.54) is 12.8 Å². The predicted octanol–water partition coefficient (Wildman–Crippen LogP) is 1.86. The summed E-state index contributed by atoms with van der Waals surface area (Å²) in [7, 11) is 0. The first-order chi connectivity index (χ1) is 6.75. The van der Waals surface area contributed by atoms with Gasteiger partial charge in [-0.1, -0.05) is 30.8 Å². The minimum Gasteiger partial charge on any atom is -0.409 e. The molecule has 0 saturated heterocycles. The molecular weight excluding hydrogens is 180 g/mol. The molecule has 0 heterocycles. The lowest BCUT2D eigenvalue weighted by Crippen LogP contribution is -2.46. The average Bonchev–Trinajstić information content (AvgIpc) is 2.44. The van der Waals surface area contributed by atoms with Crippen LogP contribution in [0.2, 0.25) is 0 Å². The summed E-state index contributed by atoms with van der Waals surface area (Å²) in [5.41, 5.74) is 5.21. The van der Waals surface area contributed by atoms with Crippen molar-refractivity contribution in [3.05, 3.63) is 0 Å². The molecule has 4 heteroatoms. The highest BCUT2D eigenvalue weighted by Crippen LogP contribution is 2.30. The second kappa shape index (κ2) is 5.20. The van der Waals surface area contributed by atoms with Crippen LogP contribution >= 0.6 is 0 Å². The number of ether oxygens (including phenoxy) is 1. The molecule has 0 atom stereocenters. The van der Waals surface area contributed by atoms with Crippen molar-refractivity contribution in [3.8, 4) is 0 Å². The Hall–Kier alpha value is -0.770. The standard InChI is InChI=1S/C10H20N2O2/c1-2-14-10(9(11)12-13)7-5-3-4-6-8-10/h13H,2-8H2,1H3,(H2,11,12). The summed E-state index contributed by atoms with van der Waals surface area (Å²) >= 11 is 0. The lowest BCUT2D eigenvalue weighted by molar-refractivity contribution is 0.00122. The number of nitrogens with two attached hydrogens (primary N) is 1. The Morgan fingerprint density at radius 3 is 2.36 bits per heavy atom. The fraction of sp³-hybridized carbons (Fsp3) is 0.900. The largest absolute Gasteiger partial charge is 0.409 e. The molecule has 1 rings (SSSR count). The van der Waals surface area contributed by atoms with Crippen LogP contribution in [0.3, 0.4) is 0 Å². The zero-order chi connectivity index (χ0) is 10.4. The number of hydrogen-bond acceptors (Lipinski definition) is 3. The third kappa shape index (κ3) is 2.38. The Morgan fingerprint density at radius 1 is 1.36 bits per heavy atom. The summed E-state index contributed by atoms with van der Waals surface area (Å²) in [6, 6.07) is 0. The van der Waals surface area contributed by atoms with E-state index in [-0.39, 0.29) is 5.84 Å². The lowest BCUT2D eigenvalue weighted by atomic mass is 9.93. The first kappa shape index (κ1) is 11.3. The quantitative estimate of drug-likeness (QED) is 0.240. The van der Waals surface area contributed by atoms with E-state index in [0.29, 0.717) is 6.61 Å². The van der Waals surface area contributed by atoms with Crippen molar-refractivity contribution in [1.29, 1.82) is 0 Å². The SMILES string of the molecule is CCOC1(C(N)=NO)CCCCCC1. The van der Waals surface area contributed by atoms with E-state index >= 15 is 0 Å². The van der Waals surface area contributed by atoms with Gasteiger partial charge in [0.2, 0.25) is 0 Å². The molecule has 1 aliphatic carbocycles. The highest BCUT2D eigenvalue weighted by molar-refractivity contribution is 5.88. The Kier molecular flexibility index (Phi) is 4.20. The van der Waals surface area contributed by atoms with Crippen LogP contribution in [0.4, 0.5) is 0 Å². The fourth-order valence-corrected chi connectivity index (χ4v) is 2.14. The molecule has 0 aromatic heterocycles. The van der Waals surface area contributed by atoms with Gasteiger partial charge >= 0.3 is 0 Å². The molecule has 0 radical (unpaired) electrons. The van der Waals surface area contributed by atoms with Crippen molar-refractivity contribution in [2.75, 3.05) is 6.61 Å². The first-order valence-electron chi connectivity index (χ1n) is 5.37. The van der Waals surface area contributed by atoms with E-state index in [4.69, 9.17) is 15.7 Å². The summed E-state index contributed by atoms with van der Waals surface area (Å²) < 4.78 is 5.69. The molecule has 4 nitrogen and oxygen atoms in total. The Morgan fingerprint density at radius 2 is 1.93 bits per heavy atom. The average molecular weight is 200 g/mol.